The third kappa shape index (κ3) is 4.56. The summed E-state index contributed by atoms with van der Waals surface area (Å²) in [5.74, 6) is 0.297. The van der Waals surface area contributed by atoms with Crippen molar-refractivity contribution in [2.75, 3.05) is 12.3 Å². The minimum Gasteiger partial charge on any atom is -0.314 e. The van der Waals surface area contributed by atoms with Gasteiger partial charge in [0, 0.05) is 6.04 Å². The second-order valence-electron chi connectivity index (χ2n) is 5.09. The zero-order valence-corrected chi connectivity index (χ0v) is 11.5. The summed E-state index contributed by atoms with van der Waals surface area (Å²) in [6, 6.07) is 7.06. The van der Waals surface area contributed by atoms with Gasteiger partial charge in [0.15, 0.2) is 0 Å². The van der Waals surface area contributed by atoms with Crippen LogP contribution in [0, 0.1) is 5.82 Å². The molecule has 1 aromatic carbocycles. The van der Waals surface area contributed by atoms with Crippen LogP contribution >= 0.6 is 0 Å². The molecule has 4 nitrogen and oxygen atoms in total. The zero-order valence-electron chi connectivity index (χ0n) is 10.7. The Labute approximate surface area is 113 Å². The van der Waals surface area contributed by atoms with Crippen LogP contribution in [-0.2, 0) is 10.0 Å². The van der Waals surface area contributed by atoms with Crippen LogP contribution in [-0.4, -0.2) is 26.8 Å². The first-order valence-electron chi connectivity index (χ1n) is 6.43. The van der Waals surface area contributed by atoms with Gasteiger partial charge in [0.1, 0.15) is 5.82 Å². The fourth-order valence-corrected chi connectivity index (χ4v) is 2.92. The summed E-state index contributed by atoms with van der Waals surface area (Å²) in [5.41, 5.74) is 1.17. The highest BCUT2D eigenvalue weighted by atomic mass is 32.2. The molecule has 0 radical (unpaired) electrons. The van der Waals surface area contributed by atoms with Crippen LogP contribution in [0.4, 0.5) is 4.39 Å². The average Bonchev–Trinajstić information content (AvgIpc) is 2.27. The van der Waals surface area contributed by atoms with E-state index in [4.69, 9.17) is 5.14 Å². The molecule has 0 aliphatic heterocycles. The van der Waals surface area contributed by atoms with Crippen molar-refractivity contribution < 1.29 is 12.8 Å². The van der Waals surface area contributed by atoms with Crippen molar-refractivity contribution in [1.82, 2.24) is 5.32 Å². The minimum absolute atomic E-state index is 0.0219. The highest BCUT2D eigenvalue weighted by molar-refractivity contribution is 7.89. The van der Waals surface area contributed by atoms with Crippen LogP contribution in [0.5, 0.6) is 0 Å². The third-order valence-electron chi connectivity index (χ3n) is 3.52. The number of halogens is 1. The van der Waals surface area contributed by atoms with Crippen LogP contribution in [0.1, 0.15) is 30.7 Å². The molecule has 19 heavy (non-hydrogen) atoms. The lowest BCUT2D eigenvalue weighted by molar-refractivity contribution is 0.292. The third-order valence-corrected chi connectivity index (χ3v) is 4.38. The van der Waals surface area contributed by atoms with E-state index >= 15 is 0 Å². The highest BCUT2D eigenvalue weighted by Gasteiger charge is 2.29. The number of rotatable bonds is 6. The van der Waals surface area contributed by atoms with Crippen molar-refractivity contribution in [3.8, 4) is 0 Å². The second kappa shape index (κ2) is 5.98. The molecule has 3 N–H and O–H groups in total. The Morgan fingerprint density at radius 1 is 1.26 bits per heavy atom. The lowest BCUT2D eigenvalue weighted by Crippen LogP contribution is -2.41. The largest absolute Gasteiger partial charge is 0.314 e. The van der Waals surface area contributed by atoms with Crippen LogP contribution in [0.3, 0.4) is 0 Å². The van der Waals surface area contributed by atoms with Gasteiger partial charge in [0.05, 0.1) is 5.75 Å². The molecule has 0 bridgehead atoms. The predicted molar refractivity (Wildman–Crippen MR) is 72.8 cm³/mol. The van der Waals surface area contributed by atoms with Gasteiger partial charge in [0.2, 0.25) is 10.0 Å². The lowest BCUT2D eigenvalue weighted by atomic mass is 9.76. The summed E-state index contributed by atoms with van der Waals surface area (Å²) in [5, 5.41) is 8.23. The van der Waals surface area contributed by atoms with E-state index in [0.717, 1.165) is 12.8 Å². The molecule has 0 saturated heterocycles. The van der Waals surface area contributed by atoms with Gasteiger partial charge in [-0.3, -0.25) is 0 Å². The molecule has 0 aromatic heterocycles. The maximum atomic E-state index is 12.8. The molecular weight excluding hydrogens is 267 g/mol. The number of hydrogen-bond donors (Lipinski definition) is 2. The maximum absolute atomic E-state index is 12.8. The van der Waals surface area contributed by atoms with E-state index in [1.807, 2.05) is 12.1 Å². The fraction of sp³-hybridized carbons (Fsp3) is 0.538. The summed E-state index contributed by atoms with van der Waals surface area (Å²) in [7, 11) is -3.34. The number of hydrogen-bond acceptors (Lipinski definition) is 3. The van der Waals surface area contributed by atoms with E-state index in [2.05, 4.69) is 5.32 Å². The first-order valence-corrected chi connectivity index (χ1v) is 8.15. The normalized spacial score (nSPS) is 23.1. The SMILES string of the molecule is NS(=O)(=O)CCCNC1CC(c2ccc(F)cc2)C1. The smallest absolute Gasteiger partial charge is 0.209 e. The fourth-order valence-electron chi connectivity index (χ4n) is 2.37. The Balaban J connectivity index is 1.65. The topological polar surface area (TPSA) is 72.2 Å². The Kier molecular flexibility index (Phi) is 4.54. The molecule has 0 amide bonds. The van der Waals surface area contributed by atoms with Crippen molar-refractivity contribution in [2.45, 2.75) is 31.2 Å². The number of nitrogens with two attached hydrogens (primary N) is 1. The Morgan fingerprint density at radius 2 is 1.89 bits per heavy atom. The Bertz CT molecular complexity index is 510. The van der Waals surface area contributed by atoms with Crippen LogP contribution in [0.25, 0.3) is 0 Å². The summed E-state index contributed by atoms with van der Waals surface area (Å²) >= 11 is 0. The van der Waals surface area contributed by atoms with Crippen LogP contribution in [0.15, 0.2) is 24.3 Å². The van der Waals surface area contributed by atoms with Gasteiger partial charge >= 0.3 is 0 Å². The van der Waals surface area contributed by atoms with E-state index < -0.39 is 10.0 Å². The summed E-state index contributed by atoms with van der Waals surface area (Å²) in [6.45, 7) is 0.664. The first-order chi connectivity index (χ1) is 8.94. The predicted octanol–water partition coefficient (Wildman–Crippen LogP) is 1.34. The number of benzene rings is 1. The van der Waals surface area contributed by atoms with Gasteiger partial charge in [-0.15, -0.1) is 0 Å². The molecule has 1 aliphatic carbocycles. The van der Waals surface area contributed by atoms with Gasteiger partial charge in [-0.1, -0.05) is 12.1 Å². The Morgan fingerprint density at radius 3 is 2.47 bits per heavy atom. The number of primary sulfonamides is 1. The van der Waals surface area contributed by atoms with Crippen molar-refractivity contribution in [3.05, 3.63) is 35.6 Å². The summed E-state index contributed by atoms with van der Waals surface area (Å²) in [4.78, 5) is 0. The molecule has 6 heteroatoms. The zero-order chi connectivity index (χ0) is 13.9. The first kappa shape index (κ1) is 14.4. The molecule has 2 rings (SSSR count). The lowest BCUT2D eigenvalue weighted by Gasteiger charge is -2.36. The summed E-state index contributed by atoms with van der Waals surface area (Å²) in [6.07, 6.45) is 2.57. The Hall–Kier alpha value is -0.980. The van der Waals surface area contributed by atoms with E-state index in [-0.39, 0.29) is 11.6 Å². The molecule has 1 saturated carbocycles. The van der Waals surface area contributed by atoms with E-state index in [9.17, 15) is 12.8 Å². The number of nitrogens with one attached hydrogen (secondary N) is 1. The molecule has 0 spiro atoms. The van der Waals surface area contributed by atoms with Gasteiger partial charge < -0.3 is 5.32 Å². The molecule has 1 aliphatic rings. The molecule has 0 unspecified atom stereocenters. The minimum atomic E-state index is -3.34. The van der Waals surface area contributed by atoms with Gasteiger partial charge in [-0.25, -0.2) is 17.9 Å². The van der Waals surface area contributed by atoms with Crippen molar-refractivity contribution in [1.29, 1.82) is 0 Å². The molecule has 1 aromatic rings. The van der Waals surface area contributed by atoms with E-state index in [0.29, 0.717) is 24.9 Å². The molecule has 0 atom stereocenters. The molecule has 1 fully saturated rings. The maximum Gasteiger partial charge on any atom is 0.209 e. The van der Waals surface area contributed by atoms with Crippen LogP contribution < -0.4 is 10.5 Å². The van der Waals surface area contributed by atoms with Gasteiger partial charge in [-0.2, -0.15) is 0 Å². The average molecular weight is 286 g/mol. The molecule has 0 heterocycles. The van der Waals surface area contributed by atoms with E-state index in [1.54, 1.807) is 0 Å². The standard InChI is InChI=1S/C13H19FN2O2S/c14-12-4-2-10(3-5-12)11-8-13(9-11)16-6-1-7-19(15,17)18/h2-5,11,13,16H,1,6-9H2,(H2,15,17,18). The van der Waals surface area contributed by atoms with Gasteiger partial charge in [-0.05, 0) is 49.4 Å². The second-order valence-corrected chi connectivity index (χ2v) is 6.83. The number of sulfonamides is 1. The van der Waals surface area contributed by atoms with Gasteiger partial charge in [0.25, 0.3) is 0 Å². The molecule has 106 valence electrons. The van der Waals surface area contributed by atoms with Crippen molar-refractivity contribution in [3.63, 3.8) is 0 Å². The van der Waals surface area contributed by atoms with E-state index in [1.165, 1.54) is 17.7 Å². The highest BCUT2D eigenvalue weighted by Crippen LogP contribution is 2.36. The van der Waals surface area contributed by atoms with Crippen molar-refractivity contribution >= 4 is 10.0 Å². The quantitative estimate of drug-likeness (QED) is 0.775. The molecular formula is C13H19FN2O2S. The van der Waals surface area contributed by atoms with Crippen molar-refractivity contribution in [2.24, 2.45) is 5.14 Å². The summed E-state index contributed by atoms with van der Waals surface area (Å²) < 4.78 is 34.3. The monoisotopic (exact) mass is 286 g/mol. The van der Waals surface area contributed by atoms with Crippen LogP contribution in [0.2, 0.25) is 0 Å².